The van der Waals surface area contributed by atoms with Gasteiger partial charge in [0, 0.05) is 22.1 Å². The molecule has 0 amide bonds. The summed E-state index contributed by atoms with van der Waals surface area (Å²) in [6, 6.07) is 12.6. The Bertz CT molecular complexity index is 988. The van der Waals surface area contributed by atoms with Gasteiger partial charge in [0.1, 0.15) is 17.5 Å². The molecular weight excluding hydrogens is 363 g/mol. The van der Waals surface area contributed by atoms with Gasteiger partial charge in [-0.3, -0.25) is 0 Å². The average Bonchev–Trinajstić information content (AvgIpc) is 3.14. The van der Waals surface area contributed by atoms with Crippen molar-refractivity contribution in [3.05, 3.63) is 60.1 Å². The summed E-state index contributed by atoms with van der Waals surface area (Å²) in [5, 5.41) is 10.8. The van der Waals surface area contributed by atoms with Gasteiger partial charge >= 0.3 is 0 Å². The van der Waals surface area contributed by atoms with Crippen molar-refractivity contribution in [3.8, 4) is 17.2 Å². The third-order valence-electron chi connectivity index (χ3n) is 4.34. The number of hydrogen-bond donors (Lipinski definition) is 1. The van der Waals surface area contributed by atoms with Crippen molar-refractivity contribution in [3.63, 3.8) is 0 Å². The van der Waals surface area contributed by atoms with Gasteiger partial charge in [0.15, 0.2) is 0 Å². The van der Waals surface area contributed by atoms with Crippen molar-refractivity contribution < 1.29 is 13.4 Å². The van der Waals surface area contributed by atoms with Crippen LogP contribution < -0.4 is 4.72 Å². The second-order valence-corrected chi connectivity index (χ2v) is 9.30. The quantitative estimate of drug-likeness (QED) is 0.626. The molecule has 27 heavy (non-hydrogen) atoms. The van der Waals surface area contributed by atoms with Crippen molar-refractivity contribution in [2.45, 2.75) is 31.6 Å². The van der Waals surface area contributed by atoms with Crippen LogP contribution >= 0.6 is 0 Å². The first-order valence-electron chi connectivity index (χ1n) is 8.58. The van der Waals surface area contributed by atoms with Crippen LogP contribution in [-0.2, 0) is 11.4 Å². The van der Waals surface area contributed by atoms with E-state index in [4.69, 9.17) is 4.42 Å². The number of hydrogen-bond acceptors (Lipinski definition) is 4. The highest BCUT2D eigenvalue weighted by molar-refractivity contribution is 7.90. The molecule has 0 radical (unpaired) electrons. The van der Waals surface area contributed by atoms with E-state index in [1.165, 1.54) is 0 Å². The Hall–Kier alpha value is -2.33. The van der Waals surface area contributed by atoms with Crippen LogP contribution in [0.1, 0.15) is 37.9 Å². The largest absolute Gasteiger partial charge is 0.598 e. The molecule has 0 aliphatic rings. The van der Waals surface area contributed by atoms with E-state index in [9.17, 15) is 14.2 Å². The topological polar surface area (TPSA) is 72.0 Å². The molecule has 0 saturated heterocycles. The van der Waals surface area contributed by atoms with Gasteiger partial charge in [-0.15, -0.1) is 4.72 Å². The fourth-order valence-corrected chi connectivity index (χ4v) is 3.64. The predicted molar refractivity (Wildman–Crippen MR) is 106 cm³/mol. The molecule has 0 saturated carbocycles. The van der Waals surface area contributed by atoms with E-state index in [1.807, 2.05) is 51.1 Å². The summed E-state index contributed by atoms with van der Waals surface area (Å²) in [6.07, 6.45) is 3.16. The van der Waals surface area contributed by atoms with Gasteiger partial charge in [-0.05, 0) is 49.6 Å². The van der Waals surface area contributed by atoms with Crippen molar-refractivity contribution >= 4 is 22.1 Å². The van der Waals surface area contributed by atoms with Crippen LogP contribution in [0.4, 0.5) is 4.39 Å². The Morgan fingerprint density at radius 3 is 2.63 bits per heavy atom. The maximum atomic E-state index is 13.7. The summed E-state index contributed by atoms with van der Waals surface area (Å²) in [7, 11) is 0. The van der Waals surface area contributed by atoms with Gasteiger partial charge in [0.2, 0.25) is 0 Å². The molecule has 4 nitrogen and oxygen atoms in total. The molecule has 0 aliphatic carbocycles. The molecule has 0 aliphatic heterocycles. The van der Waals surface area contributed by atoms with E-state index >= 15 is 0 Å². The summed E-state index contributed by atoms with van der Waals surface area (Å²) in [5.74, 6) is 0. The van der Waals surface area contributed by atoms with Crippen LogP contribution in [0.15, 0.2) is 53.3 Å². The Labute approximate surface area is 161 Å². The van der Waals surface area contributed by atoms with E-state index in [2.05, 4.69) is 10.8 Å². The number of furan rings is 1. The van der Waals surface area contributed by atoms with E-state index in [1.54, 1.807) is 18.6 Å². The maximum Gasteiger partial charge on any atom is 0.136 e. The lowest BCUT2D eigenvalue weighted by Crippen LogP contribution is -2.41. The zero-order chi connectivity index (χ0) is 19.6. The lowest BCUT2D eigenvalue weighted by molar-refractivity contribution is 0.410. The minimum absolute atomic E-state index is 0.485. The van der Waals surface area contributed by atoms with Crippen molar-refractivity contribution in [1.29, 1.82) is 5.26 Å². The lowest BCUT2D eigenvalue weighted by Gasteiger charge is -2.27. The normalized spacial score (nSPS) is 14.1. The first-order valence-corrected chi connectivity index (χ1v) is 9.73. The second kappa shape index (κ2) is 7.73. The summed E-state index contributed by atoms with van der Waals surface area (Å²) < 4.78 is 33.7. The first kappa shape index (κ1) is 19.4. The smallest absolute Gasteiger partial charge is 0.136 e. The second-order valence-electron chi connectivity index (χ2n) is 7.30. The predicted octanol–water partition coefficient (Wildman–Crippen LogP) is 5.03. The van der Waals surface area contributed by atoms with E-state index in [0.717, 1.165) is 21.9 Å². The van der Waals surface area contributed by atoms with Crippen LogP contribution in [0.5, 0.6) is 0 Å². The molecule has 1 unspecified atom stereocenters. The highest BCUT2D eigenvalue weighted by atomic mass is 32.2. The van der Waals surface area contributed by atoms with Gasteiger partial charge in [-0.1, -0.05) is 24.3 Å². The Morgan fingerprint density at radius 2 is 1.96 bits per heavy atom. The first-order chi connectivity index (χ1) is 12.8. The molecule has 140 valence electrons. The molecule has 3 rings (SSSR count). The lowest BCUT2D eigenvalue weighted by atomic mass is 9.96. The van der Waals surface area contributed by atoms with Gasteiger partial charge in [0.25, 0.3) is 0 Å². The van der Waals surface area contributed by atoms with Crippen LogP contribution in [0.25, 0.3) is 21.9 Å². The van der Waals surface area contributed by atoms with Gasteiger partial charge in [0.05, 0.1) is 24.2 Å². The van der Waals surface area contributed by atoms with Gasteiger partial charge in [-0.2, -0.15) is 5.26 Å². The molecule has 2 aromatic carbocycles. The molecule has 6 heteroatoms. The molecule has 1 aromatic heterocycles. The third kappa shape index (κ3) is 4.01. The Kier molecular flexibility index (Phi) is 5.56. The van der Waals surface area contributed by atoms with Crippen molar-refractivity contribution in [2.24, 2.45) is 0 Å². The fraction of sp³-hybridized carbons (Fsp3) is 0.286. The molecular formula is C21H21FN2O2S. The monoisotopic (exact) mass is 384 g/mol. The number of fused-ring (bicyclic) bond motifs is 1. The number of benzene rings is 2. The summed E-state index contributed by atoms with van der Waals surface area (Å²) in [4.78, 5) is 0. The number of nitrogens with zero attached hydrogens (tertiary/aromatic N) is 1. The van der Waals surface area contributed by atoms with Crippen molar-refractivity contribution in [1.82, 2.24) is 4.72 Å². The molecule has 3 aromatic rings. The standard InChI is InChI=1S/C21H21FN2O2S/c1-21(2,3)27(25)24-20(10-22)15-6-4-5-14(9-15)17-8-7-16(11-23)18-12-26-13-19(17)18/h4-9,12-13,20,24H,10H2,1-3H3/t20-,27?/m0/s1. The molecule has 0 bridgehead atoms. The zero-order valence-corrected chi connectivity index (χ0v) is 16.3. The minimum atomic E-state index is -1.38. The zero-order valence-electron chi connectivity index (χ0n) is 15.5. The minimum Gasteiger partial charge on any atom is -0.598 e. The van der Waals surface area contributed by atoms with E-state index in [-0.39, 0.29) is 0 Å². The van der Waals surface area contributed by atoms with Crippen LogP contribution in [0.3, 0.4) is 0 Å². The Morgan fingerprint density at radius 1 is 1.22 bits per heavy atom. The number of nitriles is 1. The van der Waals surface area contributed by atoms with Crippen LogP contribution in [0.2, 0.25) is 0 Å². The van der Waals surface area contributed by atoms with Crippen LogP contribution in [-0.4, -0.2) is 16.0 Å². The fourth-order valence-electron chi connectivity index (χ4n) is 2.83. The third-order valence-corrected chi connectivity index (χ3v) is 5.95. The van der Waals surface area contributed by atoms with Crippen molar-refractivity contribution in [2.75, 3.05) is 6.67 Å². The SMILES string of the molecule is CC(C)(C)[S+]([O-])N[C@@H](CF)c1cccc(-c2ccc(C#N)c3cocc23)c1. The number of rotatable bonds is 5. The highest BCUT2D eigenvalue weighted by Crippen LogP contribution is 2.33. The molecule has 2 atom stereocenters. The summed E-state index contributed by atoms with van der Waals surface area (Å²) in [5.41, 5.74) is 3.04. The number of nitrogens with one attached hydrogen (secondary N) is 1. The molecule has 0 spiro atoms. The van der Waals surface area contributed by atoms with Gasteiger partial charge in [-0.25, -0.2) is 4.39 Å². The number of alkyl halides is 1. The molecule has 1 N–H and O–H groups in total. The average molecular weight is 384 g/mol. The molecule has 0 fully saturated rings. The summed E-state index contributed by atoms with van der Waals surface area (Å²) in [6.45, 7) is 4.86. The maximum absolute atomic E-state index is 13.7. The van der Waals surface area contributed by atoms with Gasteiger partial charge < -0.3 is 8.97 Å². The molecule has 1 heterocycles. The van der Waals surface area contributed by atoms with Crippen LogP contribution in [0, 0.1) is 11.3 Å². The highest BCUT2D eigenvalue weighted by Gasteiger charge is 2.30. The van der Waals surface area contributed by atoms with E-state index < -0.39 is 28.8 Å². The summed E-state index contributed by atoms with van der Waals surface area (Å²) >= 11 is -1.38. The van der Waals surface area contributed by atoms with E-state index in [0.29, 0.717) is 11.1 Å². The Balaban J connectivity index is 1.99. The number of halogens is 1.